The van der Waals surface area contributed by atoms with E-state index in [-0.39, 0.29) is 16.3 Å². The summed E-state index contributed by atoms with van der Waals surface area (Å²) >= 11 is 0. The lowest BCUT2D eigenvalue weighted by Gasteiger charge is -2.22. The van der Waals surface area contributed by atoms with Crippen molar-refractivity contribution >= 4 is 10.9 Å². The van der Waals surface area contributed by atoms with Crippen molar-refractivity contribution in [2.24, 2.45) is 0 Å². The van der Waals surface area contributed by atoms with Crippen molar-refractivity contribution in [3.8, 4) is 5.75 Å². The third-order valence-corrected chi connectivity index (χ3v) is 5.52. The van der Waals surface area contributed by atoms with Gasteiger partial charge in [-0.15, -0.1) is 0 Å². The van der Waals surface area contributed by atoms with Crippen LogP contribution in [-0.2, 0) is 22.1 Å². The zero-order valence-corrected chi connectivity index (χ0v) is 14.4. The van der Waals surface area contributed by atoms with Crippen molar-refractivity contribution in [3.05, 3.63) is 59.2 Å². The van der Waals surface area contributed by atoms with Crippen LogP contribution in [0, 0.1) is 6.92 Å². The predicted octanol–water partition coefficient (Wildman–Crippen LogP) is 4.81. The van der Waals surface area contributed by atoms with E-state index in [1.807, 2.05) is 6.92 Å². The van der Waals surface area contributed by atoms with Crippen LogP contribution in [0.3, 0.4) is 0 Å². The summed E-state index contributed by atoms with van der Waals surface area (Å²) < 4.78 is 0. The van der Waals surface area contributed by atoms with Crippen LogP contribution in [0.15, 0.2) is 47.4 Å². The minimum Gasteiger partial charge on any atom is -0.507 e. The van der Waals surface area contributed by atoms with Crippen molar-refractivity contribution < 1.29 is 5.11 Å². The van der Waals surface area contributed by atoms with Crippen molar-refractivity contribution in [3.63, 3.8) is 0 Å². The first-order valence-corrected chi connectivity index (χ1v) is 9.10. The normalized spacial score (nSPS) is 13.2. The van der Waals surface area contributed by atoms with Gasteiger partial charge in [0.15, 0.2) is 4.90 Å². The lowest BCUT2D eigenvalue weighted by atomic mass is 9.85. The first-order valence-electron chi connectivity index (χ1n) is 7.29. The Bertz CT molecular complexity index is 611. The molecule has 2 heteroatoms. The number of phenolic OH excluding ortho intramolecular Hbond substituents is 1. The zero-order chi connectivity index (χ0) is 15.6. The molecule has 0 fully saturated rings. The highest BCUT2D eigenvalue weighted by Gasteiger charge is 2.25. The van der Waals surface area contributed by atoms with E-state index in [2.05, 4.69) is 69.5 Å². The Hall–Kier alpha value is -1.41. The number of benzene rings is 2. The predicted molar refractivity (Wildman–Crippen MR) is 93.2 cm³/mol. The fourth-order valence-corrected chi connectivity index (χ4v) is 3.98. The van der Waals surface area contributed by atoms with Gasteiger partial charge in [0, 0.05) is 28.1 Å². The summed E-state index contributed by atoms with van der Waals surface area (Å²) in [5.41, 5.74) is 3.35. The van der Waals surface area contributed by atoms with E-state index in [9.17, 15) is 5.11 Å². The van der Waals surface area contributed by atoms with Gasteiger partial charge >= 0.3 is 0 Å². The minimum absolute atomic E-state index is 0.0399. The van der Waals surface area contributed by atoms with E-state index < -0.39 is 0 Å². The van der Waals surface area contributed by atoms with Crippen molar-refractivity contribution in [2.75, 3.05) is 6.26 Å². The molecule has 1 N–H and O–H groups in total. The molecule has 2 aromatic rings. The summed E-state index contributed by atoms with van der Waals surface area (Å²) in [4.78, 5) is 1.33. The van der Waals surface area contributed by atoms with Gasteiger partial charge in [-0.25, -0.2) is 0 Å². The third-order valence-electron chi connectivity index (χ3n) is 3.71. The summed E-state index contributed by atoms with van der Waals surface area (Å²) in [6, 6.07) is 14.9. The molecule has 0 spiro atoms. The summed E-state index contributed by atoms with van der Waals surface area (Å²) in [5.74, 6) is 1.50. The number of aromatic hydroxyl groups is 1. The van der Waals surface area contributed by atoms with Gasteiger partial charge in [0.1, 0.15) is 17.8 Å². The van der Waals surface area contributed by atoms with E-state index in [1.54, 1.807) is 0 Å². The van der Waals surface area contributed by atoms with Gasteiger partial charge in [-0.05, 0) is 24.0 Å². The zero-order valence-electron chi connectivity index (χ0n) is 13.6. The van der Waals surface area contributed by atoms with Gasteiger partial charge in [0.25, 0.3) is 0 Å². The molecule has 1 unspecified atom stereocenters. The molecule has 0 radical (unpaired) electrons. The lowest BCUT2D eigenvalue weighted by Crippen LogP contribution is -2.14. The van der Waals surface area contributed by atoms with Gasteiger partial charge < -0.3 is 5.11 Å². The van der Waals surface area contributed by atoms with Crippen molar-refractivity contribution in [1.82, 2.24) is 0 Å². The van der Waals surface area contributed by atoms with Crippen LogP contribution in [-0.4, -0.2) is 11.4 Å². The second kappa shape index (κ2) is 6.15. The van der Waals surface area contributed by atoms with Gasteiger partial charge in [0.2, 0.25) is 0 Å². The lowest BCUT2D eigenvalue weighted by molar-refractivity contribution is 0.442. The Morgan fingerprint density at radius 3 is 2.24 bits per heavy atom. The monoisotopic (exact) mass is 301 g/mol. The second-order valence-corrected chi connectivity index (χ2v) is 8.69. The molecule has 0 bridgehead atoms. The number of phenols is 1. The van der Waals surface area contributed by atoms with Crippen LogP contribution in [0.2, 0.25) is 0 Å². The Kier molecular flexibility index (Phi) is 4.67. The van der Waals surface area contributed by atoms with E-state index in [1.165, 1.54) is 10.5 Å². The molecule has 2 aromatic carbocycles. The number of aryl methyl sites for hydroxylation is 1. The molecule has 0 aliphatic carbocycles. The highest BCUT2D eigenvalue weighted by atomic mass is 32.2. The highest BCUT2D eigenvalue weighted by Crippen LogP contribution is 2.35. The molecule has 1 atom stereocenters. The average Bonchev–Trinajstić information content (AvgIpc) is 2.41. The molecule has 0 aliphatic rings. The Labute approximate surface area is 131 Å². The van der Waals surface area contributed by atoms with Gasteiger partial charge in [-0.2, -0.15) is 0 Å². The molecule has 112 valence electrons. The number of hydrogen-bond acceptors (Lipinski definition) is 1. The molecule has 0 saturated carbocycles. The molecule has 0 amide bonds. The topological polar surface area (TPSA) is 20.2 Å². The van der Waals surface area contributed by atoms with Crippen molar-refractivity contribution in [2.45, 2.75) is 43.8 Å². The van der Waals surface area contributed by atoms with E-state index in [4.69, 9.17) is 0 Å². The molecular weight excluding hydrogens is 276 g/mol. The summed E-state index contributed by atoms with van der Waals surface area (Å²) in [5, 5.41) is 10.3. The van der Waals surface area contributed by atoms with E-state index in [0.717, 1.165) is 16.9 Å². The molecule has 0 saturated heterocycles. The SMILES string of the molecule is Cc1cc([S+](C)Cc2ccccc2)cc(C(C)(C)C)c1O. The van der Waals surface area contributed by atoms with Gasteiger partial charge in [0.05, 0.1) is 0 Å². The second-order valence-electron chi connectivity index (χ2n) is 6.65. The van der Waals surface area contributed by atoms with Crippen LogP contribution < -0.4 is 0 Å². The Morgan fingerprint density at radius 2 is 1.67 bits per heavy atom. The molecule has 0 aromatic heterocycles. The van der Waals surface area contributed by atoms with Gasteiger partial charge in [-0.3, -0.25) is 0 Å². The van der Waals surface area contributed by atoms with Crippen LogP contribution in [0.5, 0.6) is 5.75 Å². The first-order chi connectivity index (χ1) is 9.79. The molecule has 0 heterocycles. The quantitative estimate of drug-likeness (QED) is 0.807. The average molecular weight is 301 g/mol. The van der Waals surface area contributed by atoms with E-state index in [0.29, 0.717) is 5.75 Å². The molecule has 1 nitrogen and oxygen atoms in total. The fourth-order valence-electron chi connectivity index (χ4n) is 2.43. The fraction of sp³-hybridized carbons (Fsp3) is 0.368. The Morgan fingerprint density at radius 1 is 1.05 bits per heavy atom. The first kappa shape index (κ1) is 16.0. The Balaban J connectivity index is 2.34. The highest BCUT2D eigenvalue weighted by molar-refractivity contribution is 7.95. The summed E-state index contributed by atoms with van der Waals surface area (Å²) in [6.07, 6.45) is 2.28. The maximum atomic E-state index is 10.3. The minimum atomic E-state index is -0.0399. The third kappa shape index (κ3) is 3.82. The maximum absolute atomic E-state index is 10.3. The summed E-state index contributed by atoms with van der Waals surface area (Å²) in [6.45, 7) is 8.44. The van der Waals surface area contributed by atoms with Crippen LogP contribution in [0.1, 0.15) is 37.5 Å². The van der Waals surface area contributed by atoms with Crippen LogP contribution in [0.4, 0.5) is 0 Å². The summed E-state index contributed by atoms with van der Waals surface area (Å²) in [7, 11) is 0.141. The number of hydrogen-bond donors (Lipinski definition) is 1. The van der Waals surface area contributed by atoms with E-state index >= 15 is 0 Å². The maximum Gasteiger partial charge on any atom is 0.155 e. The van der Waals surface area contributed by atoms with Crippen molar-refractivity contribution in [1.29, 1.82) is 0 Å². The largest absolute Gasteiger partial charge is 0.507 e. The van der Waals surface area contributed by atoms with Gasteiger partial charge in [-0.1, -0.05) is 51.1 Å². The smallest absolute Gasteiger partial charge is 0.155 e. The van der Waals surface area contributed by atoms with Crippen LogP contribution >= 0.6 is 0 Å². The molecular formula is C19H25OS+. The standard InChI is InChI=1S/C19H24OS/c1-14-11-16(12-17(18(14)20)19(2,3)4)21(5)13-15-9-7-6-8-10-15/h6-12H,13H2,1-5H3/p+1. The molecule has 21 heavy (non-hydrogen) atoms. The van der Waals surface area contributed by atoms with Crippen LogP contribution in [0.25, 0.3) is 0 Å². The molecule has 0 aliphatic heterocycles. The molecule has 2 rings (SSSR count). The number of rotatable bonds is 3.